The van der Waals surface area contributed by atoms with E-state index in [2.05, 4.69) is 0 Å². The largest absolute Gasteiger partial charge is 0.508 e. The van der Waals surface area contributed by atoms with E-state index in [0.717, 1.165) is 0 Å². The van der Waals surface area contributed by atoms with Gasteiger partial charge in [0.1, 0.15) is 17.1 Å². The average Bonchev–Trinajstić information content (AvgIpc) is 2.27. The molecular weight excluding hydrogens is 232 g/mol. The first kappa shape index (κ1) is 12.4. The van der Waals surface area contributed by atoms with Gasteiger partial charge in [-0.25, -0.2) is 4.79 Å². The lowest BCUT2D eigenvalue weighted by atomic mass is 9.99. The first-order chi connectivity index (χ1) is 8.47. The fraction of sp³-hybridized carbons (Fsp3) is 0.286. The monoisotopic (exact) mass is 246 g/mol. The van der Waals surface area contributed by atoms with Crippen LogP contribution in [0.25, 0.3) is 11.0 Å². The SMILES string of the molecule is CC(C)C(=O)Cc1cc(=O)oc2cc(O)ccc12. The molecule has 0 aliphatic rings. The number of hydrogen-bond donors (Lipinski definition) is 1. The van der Waals surface area contributed by atoms with Crippen LogP contribution in [0.2, 0.25) is 0 Å². The number of aromatic hydroxyl groups is 1. The van der Waals surface area contributed by atoms with Crippen LogP contribution in [-0.2, 0) is 11.2 Å². The molecule has 0 aliphatic heterocycles. The second kappa shape index (κ2) is 4.64. The van der Waals surface area contributed by atoms with Crippen LogP contribution in [0.15, 0.2) is 33.5 Å². The second-order valence-corrected chi connectivity index (χ2v) is 4.57. The number of Topliss-reactive ketones (excluding diaryl/α,β-unsaturated/α-hetero) is 1. The molecule has 0 bridgehead atoms. The van der Waals surface area contributed by atoms with E-state index in [1.165, 1.54) is 18.2 Å². The number of phenols is 1. The molecule has 4 heteroatoms. The zero-order valence-electron chi connectivity index (χ0n) is 10.3. The van der Waals surface area contributed by atoms with Crippen molar-refractivity contribution >= 4 is 16.8 Å². The number of carbonyl (C=O) groups excluding carboxylic acids is 1. The van der Waals surface area contributed by atoms with Crippen molar-refractivity contribution in [3.63, 3.8) is 0 Å². The molecule has 0 atom stereocenters. The van der Waals surface area contributed by atoms with Crippen molar-refractivity contribution in [2.24, 2.45) is 5.92 Å². The van der Waals surface area contributed by atoms with Crippen LogP contribution < -0.4 is 5.63 Å². The van der Waals surface area contributed by atoms with Gasteiger partial charge in [-0.1, -0.05) is 13.8 Å². The Morgan fingerprint density at radius 1 is 1.33 bits per heavy atom. The number of hydrogen-bond acceptors (Lipinski definition) is 4. The average molecular weight is 246 g/mol. The van der Waals surface area contributed by atoms with Gasteiger partial charge in [-0.2, -0.15) is 0 Å². The Morgan fingerprint density at radius 3 is 2.72 bits per heavy atom. The van der Waals surface area contributed by atoms with Crippen LogP contribution in [0.4, 0.5) is 0 Å². The lowest BCUT2D eigenvalue weighted by Crippen LogP contribution is -2.12. The van der Waals surface area contributed by atoms with Crippen LogP contribution in [0.5, 0.6) is 5.75 Å². The summed E-state index contributed by atoms with van der Waals surface area (Å²) in [6.45, 7) is 3.64. The minimum atomic E-state index is -0.514. The van der Waals surface area contributed by atoms with Crippen LogP contribution in [0.1, 0.15) is 19.4 Å². The van der Waals surface area contributed by atoms with Crippen molar-refractivity contribution in [2.75, 3.05) is 0 Å². The molecule has 94 valence electrons. The van der Waals surface area contributed by atoms with E-state index in [0.29, 0.717) is 16.5 Å². The van der Waals surface area contributed by atoms with E-state index in [1.54, 1.807) is 6.07 Å². The third kappa shape index (κ3) is 2.42. The quantitative estimate of drug-likeness (QED) is 0.843. The van der Waals surface area contributed by atoms with E-state index in [4.69, 9.17) is 4.42 Å². The Morgan fingerprint density at radius 2 is 2.06 bits per heavy atom. The van der Waals surface area contributed by atoms with Gasteiger partial charge in [-0.05, 0) is 17.7 Å². The Labute approximate surface area is 104 Å². The Hall–Kier alpha value is -2.10. The molecule has 1 heterocycles. The lowest BCUT2D eigenvalue weighted by Gasteiger charge is -2.07. The molecule has 0 radical (unpaired) electrons. The van der Waals surface area contributed by atoms with E-state index in [-0.39, 0.29) is 23.9 Å². The van der Waals surface area contributed by atoms with Gasteiger partial charge >= 0.3 is 5.63 Å². The standard InChI is InChI=1S/C14H14O4/c1-8(2)12(16)5-9-6-14(17)18-13-7-10(15)3-4-11(9)13/h3-4,6-8,15H,5H2,1-2H3. The van der Waals surface area contributed by atoms with Crippen molar-refractivity contribution in [1.29, 1.82) is 0 Å². The van der Waals surface area contributed by atoms with E-state index < -0.39 is 5.63 Å². The summed E-state index contributed by atoms with van der Waals surface area (Å²) in [5.74, 6) is 0.0115. The van der Waals surface area contributed by atoms with Crippen molar-refractivity contribution in [3.05, 3.63) is 40.2 Å². The molecule has 0 saturated carbocycles. The summed E-state index contributed by atoms with van der Waals surface area (Å²) in [7, 11) is 0. The molecule has 0 fully saturated rings. The summed E-state index contributed by atoms with van der Waals surface area (Å²) in [6, 6.07) is 5.86. The molecule has 0 aliphatic carbocycles. The van der Waals surface area contributed by atoms with Crippen molar-refractivity contribution in [1.82, 2.24) is 0 Å². The summed E-state index contributed by atoms with van der Waals surface area (Å²) in [5, 5.41) is 10.0. The van der Waals surface area contributed by atoms with E-state index >= 15 is 0 Å². The first-order valence-corrected chi connectivity index (χ1v) is 5.76. The van der Waals surface area contributed by atoms with Crippen LogP contribution in [0.3, 0.4) is 0 Å². The summed E-state index contributed by atoms with van der Waals surface area (Å²) < 4.78 is 5.00. The lowest BCUT2D eigenvalue weighted by molar-refractivity contribution is -0.121. The fourth-order valence-electron chi connectivity index (χ4n) is 1.76. The molecule has 0 spiro atoms. The molecule has 2 aromatic rings. The maximum Gasteiger partial charge on any atom is 0.336 e. The van der Waals surface area contributed by atoms with E-state index in [9.17, 15) is 14.7 Å². The molecule has 0 saturated heterocycles. The van der Waals surface area contributed by atoms with Crippen LogP contribution in [0, 0.1) is 5.92 Å². The molecule has 0 amide bonds. The number of fused-ring (bicyclic) bond motifs is 1. The van der Waals surface area contributed by atoms with Crippen molar-refractivity contribution in [3.8, 4) is 5.75 Å². The summed E-state index contributed by atoms with van der Waals surface area (Å²) in [4.78, 5) is 23.2. The van der Waals surface area contributed by atoms with Gasteiger partial charge in [0, 0.05) is 29.9 Å². The van der Waals surface area contributed by atoms with Crippen LogP contribution in [-0.4, -0.2) is 10.9 Å². The maximum atomic E-state index is 11.8. The van der Waals surface area contributed by atoms with E-state index in [1.807, 2.05) is 13.8 Å². The molecule has 0 unspecified atom stereocenters. The number of benzene rings is 1. The summed E-state index contributed by atoms with van der Waals surface area (Å²) in [5.41, 5.74) is 0.425. The summed E-state index contributed by atoms with van der Waals surface area (Å²) >= 11 is 0. The van der Waals surface area contributed by atoms with Gasteiger partial charge in [0.2, 0.25) is 0 Å². The topological polar surface area (TPSA) is 67.5 Å². The fourth-order valence-corrected chi connectivity index (χ4v) is 1.76. The van der Waals surface area contributed by atoms with Gasteiger partial charge < -0.3 is 9.52 Å². The van der Waals surface area contributed by atoms with Gasteiger partial charge in [0.05, 0.1) is 0 Å². The highest BCUT2D eigenvalue weighted by Gasteiger charge is 2.12. The number of phenolic OH excluding ortho intramolecular Hbond substituents is 1. The van der Waals surface area contributed by atoms with Crippen molar-refractivity contribution < 1.29 is 14.3 Å². The smallest absolute Gasteiger partial charge is 0.336 e. The predicted molar refractivity (Wildman–Crippen MR) is 67.7 cm³/mol. The van der Waals surface area contributed by atoms with Gasteiger partial charge in [-0.3, -0.25) is 4.79 Å². The Balaban J connectivity index is 2.56. The highest BCUT2D eigenvalue weighted by molar-refractivity contribution is 5.89. The van der Waals surface area contributed by atoms with Gasteiger partial charge in [0.25, 0.3) is 0 Å². The number of rotatable bonds is 3. The minimum absolute atomic E-state index is 0.0259. The maximum absolute atomic E-state index is 11.8. The zero-order chi connectivity index (χ0) is 13.3. The number of carbonyl (C=O) groups is 1. The predicted octanol–water partition coefficient (Wildman–Crippen LogP) is 2.27. The third-order valence-electron chi connectivity index (χ3n) is 2.82. The molecule has 18 heavy (non-hydrogen) atoms. The second-order valence-electron chi connectivity index (χ2n) is 4.57. The molecule has 2 rings (SSSR count). The van der Waals surface area contributed by atoms with Gasteiger partial charge in [0.15, 0.2) is 0 Å². The van der Waals surface area contributed by atoms with Gasteiger partial charge in [-0.15, -0.1) is 0 Å². The first-order valence-electron chi connectivity index (χ1n) is 5.76. The molecular formula is C14H14O4. The zero-order valence-corrected chi connectivity index (χ0v) is 10.3. The molecule has 1 aromatic carbocycles. The molecule has 1 N–H and O–H groups in total. The third-order valence-corrected chi connectivity index (χ3v) is 2.82. The Kier molecular flexibility index (Phi) is 3.19. The normalized spacial score (nSPS) is 11.1. The minimum Gasteiger partial charge on any atom is -0.508 e. The summed E-state index contributed by atoms with van der Waals surface area (Å²) in [6.07, 6.45) is 0.199. The highest BCUT2D eigenvalue weighted by Crippen LogP contribution is 2.22. The molecule has 1 aromatic heterocycles. The Bertz CT molecular complexity index is 652. The molecule has 4 nitrogen and oxygen atoms in total. The number of ketones is 1. The van der Waals surface area contributed by atoms with Crippen molar-refractivity contribution in [2.45, 2.75) is 20.3 Å². The van der Waals surface area contributed by atoms with Crippen LogP contribution >= 0.6 is 0 Å². The highest BCUT2D eigenvalue weighted by atomic mass is 16.4.